The summed E-state index contributed by atoms with van der Waals surface area (Å²) in [6.45, 7) is 0. The van der Waals surface area contributed by atoms with Crippen LogP contribution in [0.15, 0.2) is 79.1 Å². The lowest BCUT2D eigenvalue weighted by atomic mass is 10.2. The van der Waals surface area contributed by atoms with E-state index in [1.54, 1.807) is 54.9 Å². The van der Waals surface area contributed by atoms with Gasteiger partial charge in [-0.05, 0) is 48.5 Å². The number of amides is 2. The maximum Gasteiger partial charge on any atom is 0.323 e. The summed E-state index contributed by atoms with van der Waals surface area (Å²) in [6, 6.07) is 19.1. The van der Waals surface area contributed by atoms with Gasteiger partial charge in [-0.3, -0.25) is 9.97 Å². The lowest BCUT2D eigenvalue weighted by Crippen LogP contribution is -2.19. The summed E-state index contributed by atoms with van der Waals surface area (Å²) in [5.74, 6) is 1.23. The fourth-order valence-electron chi connectivity index (χ4n) is 2.61. The average molecular weight is 391 g/mol. The highest BCUT2D eigenvalue weighted by atomic mass is 35.5. The molecule has 0 saturated carbocycles. The monoisotopic (exact) mass is 390 g/mol. The molecular weight excluding hydrogens is 376 g/mol. The van der Waals surface area contributed by atoms with Crippen LogP contribution in [0.25, 0.3) is 11.0 Å². The van der Waals surface area contributed by atoms with E-state index in [9.17, 15) is 4.79 Å². The third-order valence-corrected chi connectivity index (χ3v) is 4.12. The molecule has 7 heteroatoms. The first-order chi connectivity index (χ1) is 13.7. The number of rotatable bonds is 4. The topological polar surface area (TPSA) is 76.1 Å². The number of nitrogens with zero attached hydrogens (tertiary/aromatic N) is 2. The Labute approximate surface area is 166 Å². The second kappa shape index (κ2) is 7.94. The largest absolute Gasteiger partial charge is 0.457 e. The van der Waals surface area contributed by atoms with E-state index < -0.39 is 0 Å². The number of ether oxygens (including phenoxy) is 1. The van der Waals surface area contributed by atoms with Crippen molar-refractivity contribution in [2.45, 2.75) is 0 Å². The van der Waals surface area contributed by atoms with Crippen LogP contribution < -0.4 is 15.4 Å². The van der Waals surface area contributed by atoms with E-state index in [4.69, 9.17) is 16.3 Å². The van der Waals surface area contributed by atoms with Gasteiger partial charge >= 0.3 is 6.03 Å². The van der Waals surface area contributed by atoms with Crippen LogP contribution in [-0.2, 0) is 0 Å². The summed E-state index contributed by atoms with van der Waals surface area (Å²) in [4.78, 5) is 20.7. The highest BCUT2D eigenvalue weighted by Gasteiger charge is 2.05. The third kappa shape index (κ3) is 4.36. The van der Waals surface area contributed by atoms with Crippen molar-refractivity contribution in [3.63, 3.8) is 0 Å². The number of carbonyl (C=O) groups excluding carboxylic acids is 1. The molecule has 0 fully saturated rings. The molecular formula is C21H15ClN4O2. The SMILES string of the molecule is O=C(Nc1ccc(Cl)cc1)Nc1cccc(Oc2ccc3nccnc3c2)c1. The quantitative estimate of drug-likeness (QED) is 0.467. The zero-order valence-corrected chi connectivity index (χ0v) is 15.4. The molecule has 6 nitrogen and oxygen atoms in total. The second-order valence-corrected chi connectivity index (χ2v) is 6.36. The summed E-state index contributed by atoms with van der Waals surface area (Å²) in [7, 11) is 0. The van der Waals surface area contributed by atoms with Crippen molar-refractivity contribution in [1.29, 1.82) is 0 Å². The smallest absolute Gasteiger partial charge is 0.323 e. The molecule has 0 aliphatic rings. The van der Waals surface area contributed by atoms with Crippen LogP contribution in [-0.4, -0.2) is 16.0 Å². The molecule has 4 rings (SSSR count). The zero-order chi connectivity index (χ0) is 19.3. The van der Waals surface area contributed by atoms with Crippen molar-refractivity contribution in [3.05, 3.63) is 84.1 Å². The number of nitrogens with one attached hydrogen (secondary N) is 2. The minimum absolute atomic E-state index is 0.361. The molecule has 4 aromatic rings. The van der Waals surface area contributed by atoms with Crippen LogP contribution in [0.1, 0.15) is 0 Å². The normalized spacial score (nSPS) is 10.5. The molecule has 0 bridgehead atoms. The van der Waals surface area contributed by atoms with Crippen LogP contribution >= 0.6 is 11.6 Å². The minimum atomic E-state index is -0.361. The van der Waals surface area contributed by atoms with Gasteiger partial charge in [-0.1, -0.05) is 17.7 Å². The molecule has 0 radical (unpaired) electrons. The van der Waals surface area contributed by atoms with Gasteiger partial charge in [-0.25, -0.2) is 4.79 Å². The summed E-state index contributed by atoms with van der Waals surface area (Å²) < 4.78 is 5.89. The molecule has 0 aliphatic carbocycles. The lowest BCUT2D eigenvalue weighted by molar-refractivity contribution is 0.262. The maximum absolute atomic E-state index is 12.2. The van der Waals surface area contributed by atoms with Gasteiger partial charge in [0.2, 0.25) is 0 Å². The number of fused-ring (bicyclic) bond motifs is 1. The predicted octanol–water partition coefficient (Wildman–Crippen LogP) is 5.72. The Kier molecular flexibility index (Phi) is 5.03. The molecule has 2 amide bonds. The van der Waals surface area contributed by atoms with Crippen molar-refractivity contribution in [1.82, 2.24) is 9.97 Å². The molecule has 28 heavy (non-hydrogen) atoms. The van der Waals surface area contributed by atoms with Crippen LogP contribution in [0.5, 0.6) is 11.5 Å². The van der Waals surface area contributed by atoms with Gasteiger partial charge in [0.1, 0.15) is 11.5 Å². The molecule has 0 saturated heterocycles. The van der Waals surface area contributed by atoms with Crippen molar-refractivity contribution in [3.8, 4) is 11.5 Å². The van der Waals surface area contributed by atoms with Gasteiger partial charge in [-0.2, -0.15) is 0 Å². The standard InChI is InChI=1S/C21H15ClN4O2/c22-14-4-6-15(7-5-14)25-21(27)26-16-2-1-3-17(12-16)28-18-8-9-19-20(13-18)24-11-10-23-19/h1-13H,(H2,25,26,27). The van der Waals surface area contributed by atoms with Crippen molar-refractivity contribution in [2.24, 2.45) is 0 Å². The first kappa shape index (κ1) is 17.8. The molecule has 1 heterocycles. The molecule has 1 aromatic heterocycles. The average Bonchev–Trinajstić information content (AvgIpc) is 2.70. The van der Waals surface area contributed by atoms with Crippen LogP contribution in [0.3, 0.4) is 0 Å². The third-order valence-electron chi connectivity index (χ3n) is 3.87. The molecule has 2 N–H and O–H groups in total. The fourth-order valence-corrected chi connectivity index (χ4v) is 2.73. The Bertz CT molecular complexity index is 1130. The number of hydrogen-bond acceptors (Lipinski definition) is 4. The molecule has 3 aromatic carbocycles. The van der Waals surface area contributed by atoms with E-state index in [0.717, 1.165) is 11.0 Å². The molecule has 0 unspecified atom stereocenters. The van der Waals surface area contributed by atoms with E-state index in [1.165, 1.54) is 0 Å². The Morgan fingerprint density at radius 3 is 2.32 bits per heavy atom. The van der Waals surface area contributed by atoms with E-state index in [1.807, 2.05) is 24.3 Å². The molecule has 0 aliphatic heterocycles. The van der Waals surface area contributed by atoms with E-state index in [0.29, 0.717) is 27.9 Å². The molecule has 0 atom stereocenters. The van der Waals surface area contributed by atoms with Crippen LogP contribution in [0.4, 0.5) is 16.2 Å². The van der Waals surface area contributed by atoms with Crippen molar-refractivity contribution < 1.29 is 9.53 Å². The number of hydrogen-bond donors (Lipinski definition) is 2. The van der Waals surface area contributed by atoms with Gasteiger partial charge in [0, 0.05) is 40.9 Å². The van der Waals surface area contributed by atoms with Gasteiger partial charge in [-0.15, -0.1) is 0 Å². The number of urea groups is 1. The summed E-state index contributed by atoms with van der Waals surface area (Å²) >= 11 is 5.84. The highest BCUT2D eigenvalue weighted by Crippen LogP contribution is 2.26. The number of aromatic nitrogens is 2. The van der Waals surface area contributed by atoms with E-state index >= 15 is 0 Å². The maximum atomic E-state index is 12.2. The van der Waals surface area contributed by atoms with E-state index in [2.05, 4.69) is 20.6 Å². The Balaban J connectivity index is 1.44. The van der Waals surface area contributed by atoms with Crippen molar-refractivity contribution in [2.75, 3.05) is 10.6 Å². The van der Waals surface area contributed by atoms with Gasteiger partial charge < -0.3 is 15.4 Å². The summed E-state index contributed by atoms with van der Waals surface area (Å²) in [5, 5.41) is 6.12. The summed E-state index contributed by atoms with van der Waals surface area (Å²) in [6.07, 6.45) is 3.28. The molecule has 0 spiro atoms. The lowest BCUT2D eigenvalue weighted by Gasteiger charge is -2.10. The number of benzene rings is 3. The molecule has 138 valence electrons. The van der Waals surface area contributed by atoms with Gasteiger partial charge in [0.15, 0.2) is 0 Å². The minimum Gasteiger partial charge on any atom is -0.457 e. The van der Waals surface area contributed by atoms with Crippen molar-refractivity contribution >= 4 is 40.0 Å². The first-order valence-electron chi connectivity index (χ1n) is 8.48. The van der Waals surface area contributed by atoms with Gasteiger partial charge in [0.25, 0.3) is 0 Å². The highest BCUT2D eigenvalue weighted by molar-refractivity contribution is 6.30. The first-order valence-corrected chi connectivity index (χ1v) is 8.86. The summed E-state index contributed by atoms with van der Waals surface area (Å²) in [5.41, 5.74) is 2.79. The van der Waals surface area contributed by atoms with Gasteiger partial charge in [0.05, 0.1) is 11.0 Å². The zero-order valence-electron chi connectivity index (χ0n) is 14.6. The van der Waals surface area contributed by atoms with E-state index in [-0.39, 0.29) is 6.03 Å². The predicted molar refractivity (Wildman–Crippen MR) is 110 cm³/mol. The number of anilines is 2. The Hall–Kier alpha value is -3.64. The Morgan fingerprint density at radius 1 is 0.786 bits per heavy atom. The Morgan fingerprint density at radius 2 is 1.50 bits per heavy atom. The second-order valence-electron chi connectivity index (χ2n) is 5.92. The van der Waals surface area contributed by atoms with Crippen LogP contribution in [0, 0.1) is 0 Å². The van der Waals surface area contributed by atoms with Crippen LogP contribution in [0.2, 0.25) is 5.02 Å². The fraction of sp³-hybridized carbons (Fsp3) is 0. The number of halogens is 1. The number of carbonyl (C=O) groups is 1.